The van der Waals surface area contributed by atoms with Crippen LogP contribution in [0.5, 0.6) is 5.75 Å². The Morgan fingerprint density at radius 3 is 2.36 bits per heavy atom. The highest BCUT2D eigenvalue weighted by molar-refractivity contribution is 6.12. The highest BCUT2D eigenvalue weighted by Gasteiger charge is 2.74. The number of morpholine rings is 1. The molecule has 276 valence electrons. The van der Waals surface area contributed by atoms with Crippen molar-refractivity contribution in [1.29, 1.82) is 0 Å². The highest BCUT2D eigenvalue weighted by atomic mass is 16.6. The van der Waals surface area contributed by atoms with Crippen LogP contribution in [0.2, 0.25) is 0 Å². The van der Waals surface area contributed by atoms with Crippen LogP contribution in [0, 0.1) is 17.8 Å². The Morgan fingerprint density at radius 1 is 0.893 bits per heavy atom. The summed E-state index contributed by atoms with van der Waals surface area (Å²) >= 11 is 0. The standard InChI is InChI=1S/C45H36N6O5/c1-2-25-46-42(53)37-39-43(54)56-40(30-15-7-4-8-16-30)38(29-13-5-3-6-14-29)51(39)41(31-20-22-32(52)23-21-31)45(37)33-27-28(19-24-34(33)47-44(45)55)12-11-26-50-36-18-10-9-17-35(36)48-49-50/h2-10,13-24,27,37-41,52H,1,25-26H2,(H,46,53)(H,47,55). The lowest BCUT2D eigenvalue weighted by atomic mass is 9.65. The number of phenolic OH excluding ortho intramolecular Hbond substituents is 1. The summed E-state index contributed by atoms with van der Waals surface area (Å²) in [6.07, 6.45) is 0.768. The number of aromatic nitrogens is 3. The zero-order valence-electron chi connectivity index (χ0n) is 30.1. The highest BCUT2D eigenvalue weighted by Crippen LogP contribution is 2.64. The molecule has 0 aliphatic carbocycles. The number of fused-ring (bicyclic) bond motifs is 4. The lowest BCUT2D eigenvalue weighted by molar-refractivity contribution is -0.178. The molecule has 0 saturated carbocycles. The fourth-order valence-corrected chi connectivity index (χ4v) is 8.86. The minimum Gasteiger partial charge on any atom is -0.508 e. The molecule has 4 heterocycles. The molecule has 3 aliphatic rings. The number of nitrogens with zero attached hydrogens (tertiary/aromatic N) is 4. The Labute approximate surface area is 322 Å². The molecular weight excluding hydrogens is 705 g/mol. The van der Waals surface area contributed by atoms with E-state index in [0.717, 1.165) is 22.2 Å². The minimum absolute atomic E-state index is 0.0337. The van der Waals surface area contributed by atoms with E-state index in [1.807, 2.05) is 102 Å². The SMILES string of the molecule is C=CCNC(=O)C1C2C(=O)OC(c3ccccc3)C(c3ccccc3)N2C(c2ccc(O)cc2)C12C(=O)Nc1ccc(C#CCn3nnc4ccccc43)cc12. The molecule has 0 bridgehead atoms. The molecule has 0 radical (unpaired) electrons. The van der Waals surface area contributed by atoms with Crippen molar-refractivity contribution in [2.24, 2.45) is 5.92 Å². The number of anilines is 1. The number of cyclic esters (lactones) is 1. The molecule has 3 N–H and O–H groups in total. The van der Waals surface area contributed by atoms with Crippen LogP contribution in [0.1, 0.15) is 46.0 Å². The van der Waals surface area contributed by atoms with Crippen molar-refractivity contribution in [2.75, 3.05) is 11.9 Å². The summed E-state index contributed by atoms with van der Waals surface area (Å²) in [5.41, 5.74) is 3.83. The van der Waals surface area contributed by atoms with Gasteiger partial charge in [-0.15, -0.1) is 11.7 Å². The topological polar surface area (TPSA) is 139 Å². The van der Waals surface area contributed by atoms with Crippen molar-refractivity contribution in [3.05, 3.63) is 168 Å². The molecule has 3 aliphatic heterocycles. The number of hydrogen-bond donors (Lipinski definition) is 3. The number of hydrogen-bond acceptors (Lipinski definition) is 8. The van der Waals surface area contributed by atoms with Crippen molar-refractivity contribution in [3.63, 3.8) is 0 Å². The molecule has 9 rings (SSSR count). The van der Waals surface area contributed by atoms with Gasteiger partial charge in [-0.1, -0.05) is 108 Å². The van der Waals surface area contributed by atoms with Gasteiger partial charge in [0.05, 0.1) is 23.5 Å². The predicted octanol–water partition coefficient (Wildman–Crippen LogP) is 5.76. The Morgan fingerprint density at radius 2 is 1.61 bits per heavy atom. The molecule has 1 spiro atoms. The average molecular weight is 741 g/mol. The van der Waals surface area contributed by atoms with Gasteiger partial charge in [0, 0.05) is 17.8 Å². The summed E-state index contributed by atoms with van der Waals surface area (Å²) < 4.78 is 8.14. The molecule has 11 heteroatoms. The molecule has 5 aromatic carbocycles. The summed E-state index contributed by atoms with van der Waals surface area (Å²) in [5, 5.41) is 25.0. The number of para-hydroxylation sites is 1. The first kappa shape index (κ1) is 34.7. The first-order valence-corrected chi connectivity index (χ1v) is 18.4. The molecule has 11 nitrogen and oxygen atoms in total. The average Bonchev–Trinajstić information content (AvgIpc) is 3.88. The fraction of sp³-hybridized carbons (Fsp3) is 0.178. The monoisotopic (exact) mass is 740 g/mol. The third-order valence-corrected chi connectivity index (χ3v) is 11.1. The van der Waals surface area contributed by atoms with Crippen molar-refractivity contribution in [1.82, 2.24) is 25.2 Å². The van der Waals surface area contributed by atoms with Gasteiger partial charge in [0.25, 0.3) is 0 Å². The van der Waals surface area contributed by atoms with Crippen LogP contribution in [0.15, 0.2) is 140 Å². The van der Waals surface area contributed by atoms with E-state index < -0.39 is 53.3 Å². The van der Waals surface area contributed by atoms with Crippen molar-refractivity contribution >= 4 is 34.5 Å². The number of aromatic hydroxyl groups is 1. The summed E-state index contributed by atoms with van der Waals surface area (Å²) in [4.78, 5) is 46.7. The van der Waals surface area contributed by atoms with Crippen LogP contribution in [-0.2, 0) is 31.1 Å². The van der Waals surface area contributed by atoms with Crippen LogP contribution >= 0.6 is 0 Å². The number of ether oxygens (including phenoxy) is 1. The van der Waals surface area contributed by atoms with Crippen LogP contribution in [0.25, 0.3) is 11.0 Å². The Bertz CT molecular complexity index is 2560. The number of rotatable bonds is 7. The summed E-state index contributed by atoms with van der Waals surface area (Å²) in [6, 6.07) is 36.2. The maximum Gasteiger partial charge on any atom is 0.324 e. The summed E-state index contributed by atoms with van der Waals surface area (Å²) in [6.45, 7) is 4.17. The zero-order valence-corrected chi connectivity index (χ0v) is 30.1. The van der Waals surface area contributed by atoms with Crippen LogP contribution < -0.4 is 10.6 Å². The summed E-state index contributed by atoms with van der Waals surface area (Å²) in [7, 11) is 0. The lowest BCUT2D eigenvalue weighted by Gasteiger charge is -2.46. The third kappa shape index (κ3) is 5.53. The second kappa shape index (κ2) is 14.0. The molecule has 6 atom stereocenters. The molecule has 56 heavy (non-hydrogen) atoms. The van der Waals surface area contributed by atoms with Gasteiger partial charge >= 0.3 is 5.97 Å². The Balaban J connectivity index is 1.27. The van der Waals surface area contributed by atoms with Crippen molar-refractivity contribution in [3.8, 4) is 17.6 Å². The van der Waals surface area contributed by atoms with Crippen LogP contribution in [0.4, 0.5) is 5.69 Å². The maximum atomic E-state index is 15.2. The molecule has 6 aromatic rings. The fourth-order valence-electron chi connectivity index (χ4n) is 8.86. The number of carbonyl (C=O) groups is 3. The Hall–Kier alpha value is -7.03. The number of esters is 1. The minimum atomic E-state index is -1.67. The first-order valence-electron chi connectivity index (χ1n) is 18.4. The quantitative estimate of drug-likeness (QED) is 0.107. The third-order valence-electron chi connectivity index (χ3n) is 11.1. The second-order valence-corrected chi connectivity index (χ2v) is 14.1. The molecule has 2 fully saturated rings. The van der Waals surface area contributed by atoms with Gasteiger partial charge in [0.2, 0.25) is 11.8 Å². The van der Waals surface area contributed by atoms with Crippen molar-refractivity contribution in [2.45, 2.75) is 36.2 Å². The molecule has 6 unspecified atom stereocenters. The van der Waals surface area contributed by atoms with E-state index in [-0.39, 0.29) is 18.8 Å². The van der Waals surface area contributed by atoms with E-state index in [0.29, 0.717) is 22.4 Å². The summed E-state index contributed by atoms with van der Waals surface area (Å²) in [5.74, 6) is 3.66. The van der Waals surface area contributed by atoms with Gasteiger partial charge in [-0.05, 0) is 64.7 Å². The van der Waals surface area contributed by atoms with Gasteiger partial charge in [-0.3, -0.25) is 19.3 Å². The largest absolute Gasteiger partial charge is 0.508 e. The normalized spacial score (nSPS) is 23.8. The van der Waals surface area contributed by atoms with Crippen LogP contribution in [-0.4, -0.2) is 55.4 Å². The van der Waals surface area contributed by atoms with Crippen LogP contribution in [0.3, 0.4) is 0 Å². The van der Waals surface area contributed by atoms with Crippen molar-refractivity contribution < 1.29 is 24.2 Å². The molecular formula is C45H36N6O5. The van der Waals surface area contributed by atoms with E-state index in [9.17, 15) is 14.7 Å². The van der Waals surface area contributed by atoms with Gasteiger partial charge in [-0.25, -0.2) is 4.68 Å². The smallest absolute Gasteiger partial charge is 0.324 e. The van der Waals surface area contributed by atoms with Gasteiger partial charge in [0.1, 0.15) is 35.4 Å². The second-order valence-electron chi connectivity index (χ2n) is 14.1. The molecule has 2 amide bonds. The van der Waals surface area contributed by atoms with E-state index in [4.69, 9.17) is 4.74 Å². The molecule has 2 saturated heterocycles. The van der Waals surface area contributed by atoms with E-state index >= 15 is 4.79 Å². The number of nitrogens with one attached hydrogen (secondary N) is 2. The predicted molar refractivity (Wildman–Crippen MR) is 209 cm³/mol. The van der Waals surface area contributed by atoms with Gasteiger partial charge in [-0.2, -0.15) is 0 Å². The lowest BCUT2D eigenvalue weighted by Crippen LogP contribution is -2.54. The van der Waals surface area contributed by atoms with Gasteiger partial charge < -0.3 is 20.5 Å². The van der Waals surface area contributed by atoms with E-state index in [2.05, 4.69) is 39.4 Å². The molecule has 1 aromatic heterocycles. The maximum absolute atomic E-state index is 15.2. The van der Waals surface area contributed by atoms with E-state index in [1.54, 1.807) is 41.1 Å². The number of amides is 2. The number of carbonyl (C=O) groups excluding carboxylic acids is 3. The number of benzene rings is 5. The zero-order chi connectivity index (χ0) is 38.4. The number of phenols is 1. The first-order chi connectivity index (χ1) is 27.4. The van der Waals surface area contributed by atoms with E-state index in [1.165, 1.54) is 0 Å². The Kier molecular flexibility index (Phi) is 8.67. The van der Waals surface area contributed by atoms with Gasteiger partial charge in [0.15, 0.2) is 0 Å².